The Hall–Kier alpha value is -4.93. The lowest BCUT2D eigenvalue weighted by Gasteiger charge is -2.34. The highest BCUT2D eigenvalue weighted by molar-refractivity contribution is 5.91. The van der Waals surface area contributed by atoms with Crippen molar-refractivity contribution in [2.24, 2.45) is 0 Å². The van der Waals surface area contributed by atoms with Crippen molar-refractivity contribution in [3.63, 3.8) is 0 Å². The lowest BCUT2D eigenvalue weighted by Crippen LogP contribution is -2.49. The smallest absolute Gasteiger partial charge is 0.337 e. The van der Waals surface area contributed by atoms with Crippen molar-refractivity contribution in [1.29, 1.82) is 0 Å². The third kappa shape index (κ3) is 6.13. The van der Waals surface area contributed by atoms with Gasteiger partial charge < -0.3 is 24.4 Å². The zero-order valence-electron chi connectivity index (χ0n) is 23.3. The van der Waals surface area contributed by atoms with Crippen molar-refractivity contribution in [2.75, 3.05) is 13.9 Å². The molecule has 1 aliphatic heterocycles. The molecule has 0 aliphatic carbocycles. The quantitative estimate of drug-likeness (QED) is 0.326. The third-order valence-corrected chi connectivity index (χ3v) is 6.52. The normalized spacial score (nSPS) is 13.1. The summed E-state index contributed by atoms with van der Waals surface area (Å²) in [7, 11) is 1.30. The van der Waals surface area contributed by atoms with Crippen LogP contribution in [0.1, 0.15) is 48.3 Å². The average molecular weight is 558 g/mol. The van der Waals surface area contributed by atoms with E-state index in [2.05, 4.69) is 15.6 Å². The molecule has 1 aromatic heterocycles. The van der Waals surface area contributed by atoms with E-state index in [1.54, 1.807) is 36.4 Å². The molecular formula is C30H31N5O6. The Morgan fingerprint density at radius 2 is 1.76 bits per heavy atom. The Morgan fingerprint density at radius 1 is 1.02 bits per heavy atom. The molecule has 0 bridgehead atoms. The first-order chi connectivity index (χ1) is 19.6. The summed E-state index contributed by atoms with van der Waals surface area (Å²) in [5.41, 5.74) is 2.37. The molecule has 0 radical (unpaired) electrons. The van der Waals surface area contributed by atoms with E-state index in [1.165, 1.54) is 16.7 Å². The molecule has 0 saturated carbocycles. The molecule has 1 N–H and O–H groups in total. The first kappa shape index (κ1) is 27.6. The molecule has 11 nitrogen and oxygen atoms in total. The fraction of sp³-hybridized carbons (Fsp3) is 0.300. The van der Waals surface area contributed by atoms with Crippen molar-refractivity contribution in [2.45, 2.75) is 45.4 Å². The van der Waals surface area contributed by atoms with E-state index >= 15 is 0 Å². The van der Waals surface area contributed by atoms with E-state index in [-0.39, 0.29) is 31.7 Å². The molecular weight excluding hydrogens is 526 g/mol. The number of methoxy groups -OCH3 is 1. The number of ether oxygens (including phenoxy) is 3. The maximum Gasteiger partial charge on any atom is 0.337 e. The molecule has 1 aliphatic rings. The topological polar surface area (TPSA) is 125 Å². The van der Waals surface area contributed by atoms with Gasteiger partial charge in [0, 0.05) is 12.1 Å². The minimum absolute atomic E-state index is 0.0864. The summed E-state index contributed by atoms with van der Waals surface area (Å²) < 4.78 is 17.3. The fourth-order valence-corrected chi connectivity index (χ4v) is 4.64. The summed E-state index contributed by atoms with van der Waals surface area (Å²) in [6.07, 6.45) is 0. The van der Waals surface area contributed by atoms with Crippen LogP contribution in [0.4, 0.5) is 0 Å². The maximum atomic E-state index is 14.1. The molecule has 41 heavy (non-hydrogen) atoms. The number of nitrogens with one attached hydrogen (secondary N) is 1. The lowest BCUT2D eigenvalue weighted by molar-refractivity contribution is -0.142. The van der Waals surface area contributed by atoms with E-state index in [0.717, 1.165) is 5.56 Å². The molecule has 0 fully saturated rings. The van der Waals surface area contributed by atoms with Crippen molar-refractivity contribution in [1.82, 2.24) is 25.2 Å². The van der Waals surface area contributed by atoms with Gasteiger partial charge in [-0.2, -0.15) is 0 Å². The number of rotatable bonds is 8. The van der Waals surface area contributed by atoms with Crippen LogP contribution in [0.5, 0.6) is 11.5 Å². The first-order valence-electron chi connectivity index (χ1n) is 13.1. The second-order valence-electron chi connectivity index (χ2n) is 10.7. The minimum atomic E-state index is -1.03. The highest BCUT2D eigenvalue weighted by atomic mass is 16.7. The molecule has 3 aromatic carbocycles. The molecule has 2 heterocycles. The zero-order valence-corrected chi connectivity index (χ0v) is 23.3. The maximum absolute atomic E-state index is 14.1. The lowest BCUT2D eigenvalue weighted by atomic mass is 9.99. The number of nitrogens with zero attached hydrogens (tertiary/aromatic N) is 4. The van der Waals surface area contributed by atoms with E-state index in [9.17, 15) is 14.4 Å². The number of carbonyl (C=O) groups excluding carboxylic acids is 3. The fourth-order valence-electron chi connectivity index (χ4n) is 4.64. The molecule has 11 heteroatoms. The number of aromatic nitrogens is 3. The van der Waals surface area contributed by atoms with E-state index < -0.39 is 17.6 Å². The number of fused-ring (bicyclic) bond motifs is 2. The molecule has 1 atom stereocenters. The van der Waals surface area contributed by atoms with Crippen LogP contribution >= 0.6 is 0 Å². The minimum Gasteiger partial charge on any atom is -0.465 e. The van der Waals surface area contributed by atoms with Gasteiger partial charge >= 0.3 is 5.97 Å². The Kier molecular flexibility index (Phi) is 7.60. The Labute approximate surface area is 237 Å². The highest BCUT2D eigenvalue weighted by Crippen LogP contribution is 2.34. The second kappa shape index (κ2) is 11.3. The predicted molar refractivity (Wildman–Crippen MR) is 149 cm³/mol. The molecule has 0 spiro atoms. The monoisotopic (exact) mass is 557 g/mol. The van der Waals surface area contributed by atoms with Gasteiger partial charge in [0.25, 0.3) is 0 Å². The van der Waals surface area contributed by atoms with Gasteiger partial charge in [-0.1, -0.05) is 35.5 Å². The molecule has 1 unspecified atom stereocenters. The second-order valence-corrected chi connectivity index (χ2v) is 10.7. The standard InChI is InChI=1S/C30H31N5O6/c1-30(2,3)31-28(37)27(20-10-12-21(13-11-20)29(38)39-4)34(16-19-9-14-24-25(15-19)41-18-40-24)26(36)17-35-23-8-6-5-7-22(23)32-33-35/h5-15,27H,16-18H2,1-4H3,(H,31,37). The van der Waals surface area contributed by atoms with Gasteiger partial charge in [0.15, 0.2) is 11.5 Å². The molecule has 212 valence electrons. The van der Waals surface area contributed by atoms with Crippen molar-refractivity contribution >= 4 is 28.8 Å². The SMILES string of the molecule is COC(=O)c1ccc(C(C(=O)NC(C)(C)C)N(Cc2ccc3c(c2)OCO3)C(=O)Cn2nnc3ccccc32)cc1. The summed E-state index contributed by atoms with van der Waals surface area (Å²) >= 11 is 0. The average Bonchev–Trinajstić information content (AvgIpc) is 3.58. The van der Waals surface area contributed by atoms with Crippen molar-refractivity contribution < 1.29 is 28.6 Å². The summed E-state index contributed by atoms with van der Waals surface area (Å²) in [6, 6.07) is 18.2. The van der Waals surface area contributed by atoms with E-state index in [4.69, 9.17) is 14.2 Å². The third-order valence-electron chi connectivity index (χ3n) is 6.52. The number of hydrogen-bond donors (Lipinski definition) is 1. The van der Waals surface area contributed by atoms with Gasteiger partial charge in [-0.25, -0.2) is 9.48 Å². The largest absolute Gasteiger partial charge is 0.465 e. The van der Waals surface area contributed by atoms with Crippen molar-refractivity contribution in [3.8, 4) is 11.5 Å². The van der Waals surface area contributed by atoms with Crippen LogP contribution in [0.15, 0.2) is 66.7 Å². The van der Waals surface area contributed by atoms with Gasteiger partial charge in [0.2, 0.25) is 18.6 Å². The van der Waals surface area contributed by atoms with Gasteiger partial charge in [-0.15, -0.1) is 5.10 Å². The molecule has 4 aromatic rings. The number of para-hydroxylation sites is 1. The Bertz CT molecular complexity index is 1590. The van der Waals surface area contributed by atoms with Gasteiger partial charge in [0.05, 0.1) is 18.2 Å². The summed E-state index contributed by atoms with van der Waals surface area (Å²) in [5, 5.41) is 11.4. The van der Waals surface area contributed by atoms with Crippen LogP contribution in [-0.2, 0) is 27.4 Å². The molecule has 5 rings (SSSR count). The van der Waals surface area contributed by atoms with Gasteiger partial charge in [-0.3, -0.25) is 9.59 Å². The number of hydrogen-bond acceptors (Lipinski definition) is 8. The van der Waals surface area contributed by atoms with Crippen LogP contribution < -0.4 is 14.8 Å². The number of benzene rings is 3. The summed E-state index contributed by atoms with van der Waals surface area (Å²) in [4.78, 5) is 41.6. The van der Waals surface area contributed by atoms with Gasteiger partial charge in [0.1, 0.15) is 18.1 Å². The summed E-state index contributed by atoms with van der Waals surface area (Å²) in [5.74, 6) is -0.0553. The van der Waals surface area contributed by atoms with Crippen LogP contribution in [0.3, 0.4) is 0 Å². The van der Waals surface area contributed by atoms with E-state index in [1.807, 2.05) is 51.1 Å². The van der Waals surface area contributed by atoms with Gasteiger partial charge in [-0.05, 0) is 68.3 Å². The zero-order chi connectivity index (χ0) is 29.1. The van der Waals surface area contributed by atoms with Crippen LogP contribution in [-0.4, -0.2) is 57.1 Å². The predicted octanol–water partition coefficient (Wildman–Crippen LogP) is 3.63. The summed E-state index contributed by atoms with van der Waals surface area (Å²) in [6.45, 7) is 5.66. The van der Waals surface area contributed by atoms with Crippen LogP contribution in [0.25, 0.3) is 11.0 Å². The molecule has 2 amide bonds. The molecule has 0 saturated heterocycles. The number of carbonyl (C=O) groups is 3. The van der Waals surface area contributed by atoms with Crippen LogP contribution in [0.2, 0.25) is 0 Å². The Morgan fingerprint density at radius 3 is 2.49 bits per heavy atom. The van der Waals surface area contributed by atoms with Crippen LogP contribution in [0, 0.1) is 0 Å². The first-order valence-corrected chi connectivity index (χ1v) is 13.1. The number of amides is 2. The highest BCUT2D eigenvalue weighted by Gasteiger charge is 2.34. The Balaban J connectivity index is 1.56. The number of esters is 1. The van der Waals surface area contributed by atoms with Crippen molar-refractivity contribution in [3.05, 3.63) is 83.4 Å². The van der Waals surface area contributed by atoms with E-state index in [0.29, 0.717) is 33.7 Å².